The normalized spacial score (nSPS) is 22.3. The Kier molecular flexibility index (Phi) is 6.08. The Morgan fingerprint density at radius 2 is 2.10 bits per heavy atom. The number of esters is 1. The predicted molar refractivity (Wildman–Crippen MR) is 80.0 cm³/mol. The van der Waals surface area contributed by atoms with Gasteiger partial charge in [-0.3, -0.25) is 9.79 Å². The van der Waals surface area contributed by atoms with Gasteiger partial charge in [0.25, 0.3) is 5.91 Å². The highest BCUT2D eigenvalue weighted by Gasteiger charge is 2.44. The van der Waals surface area contributed by atoms with Crippen molar-refractivity contribution in [3.05, 3.63) is 11.6 Å². The third kappa shape index (κ3) is 3.91. The standard InChI is InChI=1S/C15H24N2O4/c1-6-15(10(2)3)14(19)16-12(17-15)9-11(4)13(18)21-8-7-20-5/h9-10H,6-8H2,1-5H3,(H,16,17,19)/b11-9-. The summed E-state index contributed by atoms with van der Waals surface area (Å²) in [5.74, 6) is -0.0616. The molecular weight excluding hydrogens is 272 g/mol. The molecular formula is C15H24N2O4. The van der Waals surface area contributed by atoms with Crippen molar-refractivity contribution in [3.63, 3.8) is 0 Å². The molecule has 1 amide bonds. The van der Waals surface area contributed by atoms with Gasteiger partial charge < -0.3 is 14.8 Å². The zero-order valence-electron chi connectivity index (χ0n) is 13.4. The molecule has 0 bridgehead atoms. The number of nitrogens with one attached hydrogen (secondary N) is 1. The molecule has 0 radical (unpaired) electrons. The van der Waals surface area contributed by atoms with Crippen LogP contribution in [0.15, 0.2) is 16.6 Å². The largest absolute Gasteiger partial charge is 0.460 e. The van der Waals surface area contributed by atoms with Gasteiger partial charge in [0.2, 0.25) is 0 Å². The number of hydrogen-bond acceptors (Lipinski definition) is 5. The van der Waals surface area contributed by atoms with Crippen LogP contribution in [0.4, 0.5) is 0 Å². The first-order chi connectivity index (χ1) is 9.87. The molecule has 0 saturated heterocycles. The Labute approximate surface area is 125 Å². The number of methoxy groups -OCH3 is 1. The fraction of sp³-hybridized carbons (Fsp3) is 0.667. The maximum Gasteiger partial charge on any atom is 0.333 e. The van der Waals surface area contributed by atoms with Crippen LogP contribution in [0.5, 0.6) is 0 Å². The molecule has 0 aromatic carbocycles. The fourth-order valence-electron chi connectivity index (χ4n) is 2.22. The maximum atomic E-state index is 12.2. The molecule has 1 aliphatic heterocycles. The predicted octanol–water partition coefficient (Wildman–Crippen LogP) is 1.46. The first kappa shape index (κ1) is 17.4. The van der Waals surface area contributed by atoms with Gasteiger partial charge in [0.05, 0.1) is 6.61 Å². The Balaban J connectivity index is 2.82. The fourth-order valence-corrected chi connectivity index (χ4v) is 2.22. The first-order valence-electron chi connectivity index (χ1n) is 7.13. The van der Waals surface area contributed by atoms with E-state index >= 15 is 0 Å². The van der Waals surface area contributed by atoms with Gasteiger partial charge in [-0.05, 0) is 25.3 Å². The summed E-state index contributed by atoms with van der Waals surface area (Å²) in [5, 5.41) is 2.73. The van der Waals surface area contributed by atoms with Crippen LogP contribution >= 0.6 is 0 Å². The number of hydrogen-bond donors (Lipinski definition) is 1. The summed E-state index contributed by atoms with van der Waals surface area (Å²) < 4.78 is 9.82. The molecule has 118 valence electrons. The molecule has 0 spiro atoms. The highest BCUT2D eigenvalue weighted by Crippen LogP contribution is 2.29. The SMILES string of the molecule is CCC1(C(C)C)N=C(/C=C(/C)C(=O)OCCOC)NC1=O. The number of amides is 1. The summed E-state index contributed by atoms with van der Waals surface area (Å²) in [6.45, 7) is 8.04. The molecule has 6 nitrogen and oxygen atoms in total. The van der Waals surface area contributed by atoms with Crippen molar-refractivity contribution in [1.82, 2.24) is 5.32 Å². The Morgan fingerprint density at radius 3 is 2.57 bits per heavy atom. The summed E-state index contributed by atoms with van der Waals surface area (Å²) in [7, 11) is 1.54. The summed E-state index contributed by atoms with van der Waals surface area (Å²) in [6, 6.07) is 0. The molecule has 0 saturated carbocycles. The monoisotopic (exact) mass is 296 g/mol. The van der Waals surface area contributed by atoms with Gasteiger partial charge in [0.15, 0.2) is 0 Å². The molecule has 0 aromatic heterocycles. The zero-order valence-corrected chi connectivity index (χ0v) is 13.4. The van der Waals surface area contributed by atoms with Gasteiger partial charge in [0, 0.05) is 12.7 Å². The smallest absolute Gasteiger partial charge is 0.333 e. The van der Waals surface area contributed by atoms with Crippen LogP contribution in [-0.2, 0) is 19.1 Å². The first-order valence-corrected chi connectivity index (χ1v) is 7.13. The second-order valence-corrected chi connectivity index (χ2v) is 5.34. The van der Waals surface area contributed by atoms with Gasteiger partial charge in [-0.15, -0.1) is 0 Å². The molecule has 0 aromatic rings. The lowest BCUT2D eigenvalue weighted by atomic mass is 9.84. The minimum Gasteiger partial charge on any atom is -0.460 e. The summed E-state index contributed by atoms with van der Waals surface area (Å²) >= 11 is 0. The van der Waals surface area contributed by atoms with E-state index in [-0.39, 0.29) is 18.4 Å². The van der Waals surface area contributed by atoms with Gasteiger partial charge in [-0.2, -0.15) is 0 Å². The Morgan fingerprint density at radius 1 is 1.43 bits per heavy atom. The lowest BCUT2D eigenvalue weighted by molar-refractivity contribution is -0.140. The quantitative estimate of drug-likeness (QED) is 0.438. The van der Waals surface area contributed by atoms with Crippen LogP contribution < -0.4 is 5.32 Å². The van der Waals surface area contributed by atoms with E-state index in [1.807, 2.05) is 20.8 Å². The molecule has 21 heavy (non-hydrogen) atoms. The van der Waals surface area contributed by atoms with Gasteiger partial charge in [-0.1, -0.05) is 20.8 Å². The second-order valence-electron chi connectivity index (χ2n) is 5.34. The van der Waals surface area contributed by atoms with Gasteiger partial charge in [0.1, 0.15) is 18.0 Å². The van der Waals surface area contributed by atoms with E-state index in [2.05, 4.69) is 10.3 Å². The highest BCUT2D eigenvalue weighted by atomic mass is 16.6. The van der Waals surface area contributed by atoms with E-state index in [1.165, 1.54) is 7.11 Å². The minimum atomic E-state index is -0.744. The summed E-state index contributed by atoms with van der Waals surface area (Å²) in [6.07, 6.45) is 2.16. The molecule has 0 aliphatic carbocycles. The van der Waals surface area contributed by atoms with Crippen molar-refractivity contribution in [2.45, 2.75) is 39.7 Å². The van der Waals surface area contributed by atoms with Crippen molar-refractivity contribution in [1.29, 1.82) is 0 Å². The molecule has 1 aliphatic rings. The topological polar surface area (TPSA) is 77.0 Å². The van der Waals surface area contributed by atoms with Gasteiger partial charge >= 0.3 is 5.97 Å². The van der Waals surface area contributed by atoms with Gasteiger partial charge in [-0.25, -0.2) is 4.79 Å². The Hall–Kier alpha value is -1.69. The average molecular weight is 296 g/mol. The number of aliphatic imine (C=N–C) groups is 1. The molecule has 1 N–H and O–H groups in total. The molecule has 1 heterocycles. The minimum absolute atomic E-state index is 0.0855. The summed E-state index contributed by atoms with van der Waals surface area (Å²) in [4.78, 5) is 28.4. The van der Waals surface area contributed by atoms with E-state index in [0.717, 1.165) is 0 Å². The van der Waals surface area contributed by atoms with Crippen LogP contribution in [0, 0.1) is 5.92 Å². The number of amidine groups is 1. The number of carbonyl (C=O) groups excluding carboxylic acids is 2. The number of carbonyl (C=O) groups is 2. The van der Waals surface area contributed by atoms with E-state index in [4.69, 9.17) is 9.47 Å². The highest BCUT2D eigenvalue weighted by molar-refractivity contribution is 6.14. The van der Waals surface area contributed by atoms with Crippen molar-refractivity contribution >= 4 is 17.7 Å². The molecule has 1 rings (SSSR count). The molecule has 6 heteroatoms. The van der Waals surface area contributed by atoms with Crippen molar-refractivity contribution in [3.8, 4) is 0 Å². The van der Waals surface area contributed by atoms with E-state index in [0.29, 0.717) is 24.4 Å². The van der Waals surface area contributed by atoms with E-state index in [9.17, 15) is 9.59 Å². The third-order valence-corrected chi connectivity index (χ3v) is 3.64. The van der Waals surface area contributed by atoms with Crippen molar-refractivity contribution < 1.29 is 19.1 Å². The van der Waals surface area contributed by atoms with E-state index in [1.54, 1.807) is 13.0 Å². The average Bonchev–Trinajstić information content (AvgIpc) is 2.75. The molecule has 0 fully saturated rings. The third-order valence-electron chi connectivity index (χ3n) is 3.64. The zero-order chi connectivity index (χ0) is 16.0. The van der Waals surface area contributed by atoms with Crippen LogP contribution in [0.1, 0.15) is 34.1 Å². The number of rotatable bonds is 7. The second kappa shape index (κ2) is 7.36. The van der Waals surface area contributed by atoms with Crippen LogP contribution in [0.3, 0.4) is 0 Å². The van der Waals surface area contributed by atoms with Crippen LogP contribution in [0.25, 0.3) is 0 Å². The van der Waals surface area contributed by atoms with Crippen molar-refractivity contribution in [2.75, 3.05) is 20.3 Å². The molecule has 1 atom stereocenters. The van der Waals surface area contributed by atoms with Crippen molar-refractivity contribution in [2.24, 2.45) is 10.9 Å². The lowest BCUT2D eigenvalue weighted by Crippen LogP contribution is -2.43. The molecule has 1 unspecified atom stereocenters. The Bertz CT molecular complexity index is 468. The van der Waals surface area contributed by atoms with E-state index < -0.39 is 11.5 Å². The number of nitrogens with zero attached hydrogens (tertiary/aromatic N) is 1. The van der Waals surface area contributed by atoms with Crippen LogP contribution in [-0.4, -0.2) is 43.6 Å². The van der Waals surface area contributed by atoms with Crippen LogP contribution in [0.2, 0.25) is 0 Å². The summed E-state index contributed by atoms with van der Waals surface area (Å²) in [5.41, 5.74) is -0.354. The maximum absolute atomic E-state index is 12.2. The number of ether oxygens (including phenoxy) is 2. The lowest BCUT2D eigenvalue weighted by Gasteiger charge is -2.25.